The van der Waals surface area contributed by atoms with Crippen LogP contribution in [0.25, 0.3) is 0 Å². The molecular formula is C10H15PRu. The van der Waals surface area contributed by atoms with Crippen LogP contribution in [-0.4, -0.2) is 0 Å². The molecule has 1 aromatic carbocycles. The van der Waals surface area contributed by atoms with Crippen LogP contribution in [0.4, 0.5) is 0 Å². The van der Waals surface area contributed by atoms with Crippen molar-refractivity contribution < 1.29 is 19.5 Å². The van der Waals surface area contributed by atoms with Crippen molar-refractivity contribution in [2.24, 2.45) is 0 Å². The molecule has 0 heterocycles. The quantitative estimate of drug-likeness (QED) is 0.570. The standard InChI is InChI=1S/C10H15P.Ru/c1-8(2)10-5-3-9(7-11)4-6-10;/h3-6,8H,7,11H2,1-2H3;. The third kappa shape index (κ3) is 3.34. The average Bonchev–Trinajstić information content (AvgIpc) is 2.05. The van der Waals surface area contributed by atoms with Crippen molar-refractivity contribution in [3.05, 3.63) is 35.4 Å². The van der Waals surface area contributed by atoms with Gasteiger partial charge in [0.1, 0.15) is 0 Å². The fourth-order valence-electron chi connectivity index (χ4n) is 1.04. The predicted molar refractivity (Wildman–Crippen MR) is 53.9 cm³/mol. The van der Waals surface area contributed by atoms with Gasteiger partial charge in [0.25, 0.3) is 0 Å². The van der Waals surface area contributed by atoms with Crippen molar-refractivity contribution in [3.63, 3.8) is 0 Å². The van der Waals surface area contributed by atoms with Crippen LogP contribution >= 0.6 is 9.24 Å². The molecule has 0 saturated carbocycles. The zero-order valence-electron chi connectivity index (χ0n) is 7.52. The summed E-state index contributed by atoms with van der Waals surface area (Å²) in [5.74, 6) is 0.647. The van der Waals surface area contributed by atoms with E-state index in [1.54, 1.807) is 0 Å². The monoisotopic (exact) mass is 268 g/mol. The summed E-state index contributed by atoms with van der Waals surface area (Å²) in [7, 11) is 2.73. The van der Waals surface area contributed by atoms with E-state index in [2.05, 4.69) is 47.4 Å². The average molecular weight is 267 g/mol. The Morgan fingerprint density at radius 2 is 1.67 bits per heavy atom. The SMILES string of the molecule is CC(C)c1ccc(CP)cc1.[Ru]. The van der Waals surface area contributed by atoms with Crippen LogP contribution in [0.5, 0.6) is 0 Å². The second-order valence-electron chi connectivity index (χ2n) is 3.10. The van der Waals surface area contributed by atoms with Crippen LogP contribution in [0.2, 0.25) is 0 Å². The molecule has 0 spiro atoms. The van der Waals surface area contributed by atoms with E-state index in [0.29, 0.717) is 5.92 Å². The van der Waals surface area contributed by atoms with E-state index in [-0.39, 0.29) is 19.5 Å². The minimum absolute atomic E-state index is 0. The first kappa shape index (κ1) is 12.3. The Balaban J connectivity index is 0.00000121. The van der Waals surface area contributed by atoms with Gasteiger partial charge < -0.3 is 0 Å². The molecule has 0 fully saturated rings. The molecule has 0 aliphatic rings. The van der Waals surface area contributed by atoms with Crippen molar-refractivity contribution in [1.82, 2.24) is 0 Å². The molecule has 1 unspecified atom stereocenters. The van der Waals surface area contributed by atoms with Crippen LogP contribution in [0.15, 0.2) is 24.3 Å². The first-order chi connectivity index (χ1) is 5.24. The molecule has 1 rings (SSSR count). The second-order valence-corrected chi connectivity index (χ2v) is 3.51. The summed E-state index contributed by atoms with van der Waals surface area (Å²) in [5.41, 5.74) is 2.81. The van der Waals surface area contributed by atoms with Gasteiger partial charge in [0.15, 0.2) is 0 Å². The summed E-state index contributed by atoms with van der Waals surface area (Å²) in [6.07, 6.45) is 1.05. The molecule has 1 aromatic rings. The first-order valence-corrected chi connectivity index (χ1v) is 4.84. The van der Waals surface area contributed by atoms with E-state index >= 15 is 0 Å². The molecule has 12 heavy (non-hydrogen) atoms. The third-order valence-electron chi connectivity index (χ3n) is 1.88. The molecule has 0 aliphatic heterocycles. The van der Waals surface area contributed by atoms with Crippen molar-refractivity contribution in [2.45, 2.75) is 25.9 Å². The second kappa shape index (κ2) is 5.84. The normalized spacial score (nSPS) is 9.67. The molecule has 0 radical (unpaired) electrons. The Hall–Kier alpha value is 0.273. The predicted octanol–water partition coefficient (Wildman–Crippen LogP) is 3.18. The van der Waals surface area contributed by atoms with Gasteiger partial charge in [-0.1, -0.05) is 38.1 Å². The molecule has 0 nitrogen and oxygen atoms in total. The van der Waals surface area contributed by atoms with Crippen molar-refractivity contribution >= 4 is 9.24 Å². The number of benzene rings is 1. The molecule has 0 aliphatic carbocycles. The molecular weight excluding hydrogens is 252 g/mol. The smallest absolute Gasteiger partial charge is 0 e. The van der Waals surface area contributed by atoms with Crippen LogP contribution in [0.1, 0.15) is 30.9 Å². The Morgan fingerprint density at radius 1 is 1.17 bits per heavy atom. The molecule has 0 N–H and O–H groups in total. The summed E-state index contributed by atoms with van der Waals surface area (Å²) in [5, 5.41) is 0. The molecule has 0 saturated heterocycles. The van der Waals surface area contributed by atoms with E-state index in [1.165, 1.54) is 11.1 Å². The Kier molecular flexibility index (Phi) is 5.97. The fraction of sp³-hybridized carbons (Fsp3) is 0.400. The fourth-order valence-corrected chi connectivity index (χ4v) is 1.31. The van der Waals surface area contributed by atoms with Crippen molar-refractivity contribution in [3.8, 4) is 0 Å². The minimum atomic E-state index is 0. The molecule has 0 amide bonds. The maximum Gasteiger partial charge on any atom is 0 e. The molecule has 0 bridgehead atoms. The van der Waals surface area contributed by atoms with E-state index in [1.807, 2.05) is 0 Å². The van der Waals surface area contributed by atoms with Gasteiger partial charge in [-0.2, -0.15) is 0 Å². The summed E-state index contributed by atoms with van der Waals surface area (Å²) >= 11 is 0. The van der Waals surface area contributed by atoms with E-state index < -0.39 is 0 Å². The minimum Gasteiger partial charge on any atom is -0.133 e. The largest absolute Gasteiger partial charge is 0.133 e. The van der Waals surface area contributed by atoms with Gasteiger partial charge >= 0.3 is 0 Å². The van der Waals surface area contributed by atoms with Gasteiger partial charge in [0, 0.05) is 19.5 Å². The van der Waals surface area contributed by atoms with Crippen LogP contribution in [-0.2, 0) is 25.6 Å². The molecule has 1 atom stereocenters. The molecule has 68 valence electrons. The van der Waals surface area contributed by atoms with Gasteiger partial charge in [0.05, 0.1) is 0 Å². The summed E-state index contributed by atoms with van der Waals surface area (Å²) in [4.78, 5) is 0. The number of hydrogen-bond donors (Lipinski definition) is 0. The van der Waals surface area contributed by atoms with Gasteiger partial charge in [-0.15, -0.1) is 9.24 Å². The zero-order chi connectivity index (χ0) is 8.27. The molecule has 2 heteroatoms. The molecule has 0 aromatic heterocycles. The summed E-state index contributed by atoms with van der Waals surface area (Å²) in [6, 6.07) is 8.82. The van der Waals surface area contributed by atoms with Crippen molar-refractivity contribution in [1.29, 1.82) is 0 Å². The Bertz CT molecular complexity index is 216. The van der Waals surface area contributed by atoms with Crippen molar-refractivity contribution in [2.75, 3.05) is 0 Å². The third-order valence-corrected chi connectivity index (χ3v) is 2.35. The van der Waals surface area contributed by atoms with E-state index in [0.717, 1.165) is 6.16 Å². The van der Waals surface area contributed by atoms with Crippen LogP contribution in [0, 0.1) is 0 Å². The maximum atomic E-state index is 2.73. The van der Waals surface area contributed by atoms with E-state index in [9.17, 15) is 0 Å². The topological polar surface area (TPSA) is 0 Å². The number of hydrogen-bond acceptors (Lipinski definition) is 0. The van der Waals surface area contributed by atoms with Gasteiger partial charge in [-0.05, 0) is 23.2 Å². The Labute approximate surface area is 90.1 Å². The van der Waals surface area contributed by atoms with Gasteiger partial charge in [0.2, 0.25) is 0 Å². The van der Waals surface area contributed by atoms with E-state index in [4.69, 9.17) is 0 Å². The summed E-state index contributed by atoms with van der Waals surface area (Å²) in [6.45, 7) is 4.44. The van der Waals surface area contributed by atoms with Gasteiger partial charge in [-0.25, -0.2) is 0 Å². The van der Waals surface area contributed by atoms with Crippen LogP contribution in [0.3, 0.4) is 0 Å². The zero-order valence-corrected chi connectivity index (χ0v) is 10.4. The van der Waals surface area contributed by atoms with Gasteiger partial charge in [-0.3, -0.25) is 0 Å². The maximum absolute atomic E-state index is 2.73. The Morgan fingerprint density at radius 3 is 2.00 bits per heavy atom. The summed E-state index contributed by atoms with van der Waals surface area (Å²) < 4.78 is 0. The van der Waals surface area contributed by atoms with Crippen LogP contribution < -0.4 is 0 Å². The number of rotatable bonds is 2. The first-order valence-electron chi connectivity index (χ1n) is 4.03.